The van der Waals surface area contributed by atoms with Gasteiger partial charge in [0.2, 0.25) is 0 Å². The third-order valence-corrected chi connectivity index (χ3v) is 5.79. The first kappa shape index (κ1) is 24.3. The fourth-order valence-electron chi connectivity index (χ4n) is 4.15. The van der Waals surface area contributed by atoms with Crippen molar-refractivity contribution in [3.63, 3.8) is 0 Å². The first-order valence-corrected chi connectivity index (χ1v) is 11.2. The van der Waals surface area contributed by atoms with Gasteiger partial charge in [-0.2, -0.15) is 14.0 Å². The van der Waals surface area contributed by atoms with Gasteiger partial charge >= 0.3 is 6.61 Å². The Morgan fingerprint density at radius 1 is 1.23 bits per heavy atom. The predicted octanol–water partition coefficient (Wildman–Crippen LogP) is 4.44. The molecule has 10 heteroatoms. The zero-order chi connectivity index (χ0) is 24.8. The number of ether oxygens (including phenoxy) is 3. The van der Waals surface area contributed by atoms with Gasteiger partial charge in [-0.3, -0.25) is 9.69 Å². The van der Waals surface area contributed by atoms with Crippen LogP contribution in [0, 0.1) is 11.3 Å². The van der Waals surface area contributed by atoms with Crippen molar-refractivity contribution in [3.05, 3.63) is 42.2 Å². The zero-order valence-electron chi connectivity index (χ0n) is 19.2. The first-order chi connectivity index (χ1) is 17.0. The summed E-state index contributed by atoms with van der Waals surface area (Å²) in [7, 11) is 1.31. The van der Waals surface area contributed by atoms with Gasteiger partial charge in [0.1, 0.15) is 41.5 Å². The molecule has 3 aromatic rings. The number of carbonyl (C=O) groups excluding carboxylic acids is 1. The molecule has 4 rings (SSSR count). The summed E-state index contributed by atoms with van der Waals surface area (Å²) in [5.74, 6) is -0.453. The summed E-state index contributed by atoms with van der Waals surface area (Å²) in [5, 5.41) is 11.8. The standard InChI is InChI=1S/C25H25F2N3O5/c1-32-21-12-16(13-22(35-25(26)27)23(21)24(31)29-7-6-28)19-15-34-20-14-17(4-5-18(19)20)33-11-10-30-8-2-3-9-30/h4-5,12-15,25H,2-3,7-11H2,1H3,(H,29,31). The molecule has 1 saturated heterocycles. The second-order valence-electron chi connectivity index (χ2n) is 7.98. The number of nitrogens with zero attached hydrogens (tertiary/aromatic N) is 2. The van der Waals surface area contributed by atoms with Crippen molar-refractivity contribution < 1.29 is 32.2 Å². The third-order valence-electron chi connectivity index (χ3n) is 5.79. The van der Waals surface area contributed by atoms with Gasteiger partial charge in [0.25, 0.3) is 5.91 Å². The van der Waals surface area contributed by atoms with Crippen molar-refractivity contribution in [2.24, 2.45) is 0 Å². The molecule has 1 N–H and O–H groups in total. The molecule has 2 aromatic carbocycles. The van der Waals surface area contributed by atoms with Crippen LogP contribution in [0.25, 0.3) is 22.1 Å². The Labute approximate surface area is 201 Å². The Bertz CT molecular complexity index is 1230. The van der Waals surface area contributed by atoms with E-state index in [0.717, 1.165) is 25.0 Å². The molecule has 1 fully saturated rings. The lowest BCUT2D eigenvalue weighted by molar-refractivity contribution is -0.0502. The number of furan rings is 1. The third kappa shape index (κ3) is 5.63. The molecule has 1 aliphatic rings. The molecule has 0 unspecified atom stereocenters. The van der Waals surface area contributed by atoms with Gasteiger partial charge in [-0.05, 0) is 55.8 Å². The summed E-state index contributed by atoms with van der Waals surface area (Å²) >= 11 is 0. The van der Waals surface area contributed by atoms with E-state index in [9.17, 15) is 13.6 Å². The highest BCUT2D eigenvalue weighted by molar-refractivity contribution is 6.02. The Kier molecular flexibility index (Phi) is 7.67. The Morgan fingerprint density at radius 2 is 2.00 bits per heavy atom. The van der Waals surface area contributed by atoms with Gasteiger partial charge in [0.15, 0.2) is 0 Å². The summed E-state index contributed by atoms with van der Waals surface area (Å²) in [6, 6.07) is 10.0. The van der Waals surface area contributed by atoms with Crippen molar-refractivity contribution in [3.8, 4) is 34.4 Å². The fourth-order valence-corrected chi connectivity index (χ4v) is 4.15. The quantitative estimate of drug-likeness (QED) is 0.424. The van der Waals surface area contributed by atoms with Crippen LogP contribution < -0.4 is 19.5 Å². The van der Waals surface area contributed by atoms with Crippen LogP contribution >= 0.6 is 0 Å². The number of rotatable bonds is 10. The van der Waals surface area contributed by atoms with E-state index in [4.69, 9.17) is 19.2 Å². The van der Waals surface area contributed by atoms with Gasteiger partial charge in [-0.15, -0.1) is 0 Å². The minimum absolute atomic E-state index is 0.0183. The molecule has 8 nitrogen and oxygen atoms in total. The van der Waals surface area contributed by atoms with Crippen LogP contribution in [0.4, 0.5) is 8.78 Å². The lowest BCUT2D eigenvalue weighted by Gasteiger charge is -2.16. The Balaban J connectivity index is 1.62. The molecule has 1 amide bonds. The maximum absolute atomic E-state index is 13.1. The molecule has 0 atom stereocenters. The van der Waals surface area contributed by atoms with Gasteiger partial charge < -0.3 is 23.9 Å². The summed E-state index contributed by atoms with van der Waals surface area (Å²) in [4.78, 5) is 14.9. The first-order valence-electron chi connectivity index (χ1n) is 11.2. The molecule has 2 heterocycles. The van der Waals surface area contributed by atoms with E-state index in [0.29, 0.717) is 29.1 Å². The number of nitriles is 1. The second-order valence-corrected chi connectivity index (χ2v) is 7.98. The Morgan fingerprint density at radius 3 is 2.71 bits per heavy atom. The van der Waals surface area contributed by atoms with Crippen molar-refractivity contribution in [2.45, 2.75) is 19.5 Å². The van der Waals surface area contributed by atoms with Crippen LogP contribution in [0.2, 0.25) is 0 Å². The van der Waals surface area contributed by atoms with Gasteiger partial charge in [-0.25, -0.2) is 0 Å². The van der Waals surface area contributed by atoms with Crippen molar-refractivity contribution in [1.29, 1.82) is 5.26 Å². The number of methoxy groups -OCH3 is 1. The van der Waals surface area contributed by atoms with Crippen LogP contribution in [0.1, 0.15) is 23.2 Å². The molecule has 184 valence electrons. The maximum atomic E-state index is 13.1. The van der Waals surface area contributed by atoms with E-state index < -0.39 is 12.5 Å². The molecule has 35 heavy (non-hydrogen) atoms. The number of likely N-dealkylation sites (tertiary alicyclic amines) is 1. The molecule has 1 aromatic heterocycles. The number of alkyl halides is 2. The van der Waals surface area contributed by atoms with Crippen LogP contribution in [0.5, 0.6) is 17.2 Å². The number of hydrogen-bond acceptors (Lipinski definition) is 7. The van der Waals surface area contributed by atoms with E-state index in [1.54, 1.807) is 12.1 Å². The Hall–Kier alpha value is -3.84. The van der Waals surface area contributed by atoms with Crippen molar-refractivity contribution in [2.75, 3.05) is 39.9 Å². The summed E-state index contributed by atoms with van der Waals surface area (Å²) in [5.41, 5.74) is 1.39. The molecule has 0 spiro atoms. The normalized spacial score (nSPS) is 13.7. The van der Waals surface area contributed by atoms with Gasteiger partial charge in [0, 0.05) is 23.6 Å². The number of carbonyl (C=O) groups is 1. The topological polar surface area (TPSA) is 97.0 Å². The lowest BCUT2D eigenvalue weighted by Crippen LogP contribution is -2.25. The van der Waals surface area contributed by atoms with Crippen molar-refractivity contribution in [1.82, 2.24) is 10.2 Å². The van der Waals surface area contributed by atoms with Crippen LogP contribution in [-0.2, 0) is 0 Å². The highest BCUT2D eigenvalue weighted by atomic mass is 19.3. The van der Waals surface area contributed by atoms with Crippen LogP contribution in [0.3, 0.4) is 0 Å². The predicted molar refractivity (Wildman–Crippen MR) is 124 cm³/mol. The number of benzene rings is 2. The lowest BCUT2D eigenvalue weighted by atomic mass is 10.0. The summed E-state index contributed by atoms with van der Waals surface area (Å²) in [6.45, 7) is 0.167. The zero-order valence-corrected chi connectivity index (χ0v) is 19.2. The number of halogens is 2. The molecule has 0 aliphatic carbocycles. The molecule has 0 saturated carbocycles. The highest BCUT2D eigenvalue weighted by Crippen LogP contribution is 2.39. The average Bonchev–Trinajstić information content (AvgIpc) is 3.51. The molecule has 1 aliphatic heterocycles. The smallest absolute Gasteiger partial charge is 0.387 e. The van der Waals surface area contributed by atoms with Gasteiger partial charge in [-0.1, -0.05) is 0 Å². The highest BCUT2D eigenvalue weighted by Gasteiger charge is 2.24. The number of fused-ring (bicyclic) bond motifs is 1. The van der Waals surface area contributed by atoms with Crippen LogP contribution in [-0.4, -0.2) is 57.3 Å². The van der Waals surface area contributed by atoms with E-state index >= 15 is 0 Å². The molecular weight excluding hydrogens is 460 g/mol. The van der Waals surface area contributed by atoms with E-state index in [1.807, 2.05) is 12.1 Å². The monoisotopic (exact) mass is 485 g/mol. The van der Waals surface area contributed by atoms with E-state index in [1.165, 1.54) is 38.3 Å². The van der Waals surface area contributed by atoms with E-state index in [2.05, 4.69) is 15.0 Å². The number of hydrogen-bond donors (Lipinski definition) is 1. The molecule has 0 bridgehead atoms. The second kappa shape index (κ2) is 11.1. The SMILES string of the molecule is COc1cc(-c2coc3cc(OCCN4CCCC4)ccc23)cc(OC(F)F)c1C(=O)NCC#N. The largest absolute Gasteiger partial charge is 0.496 e. The number of amides is 1. The summed E-state index contributed by atoms with van der Waals surface area (Å²) < 4.78 is 47.8. The van der Waals surface area contributed by atoms with Crippen LogP contribution in [0.15, 0.2) is 41.0 Å². The molecular formula is C25H25F2N3O5. The van der Waals surface area contributed by atoms with Crippen molar-refractivity contribution >= 4 is 16.9 Å². The maximum Gasteiger partial charge on any atom is 0.387 e. The molecule has 0 radical (unpaired) electrons. The number of nitrogens with one attached hydrogen (secondary N) is 1. The van der Waals surface area contributed by atoms with Gasteiger partial charge in [0.05, 0.1) is 19.4 Å². The average molecular weight is 485 g/mol. The van der Waals surface area contributed by atoms with E-state index in [-0.39, 0.29) is 23.6 Å². The minimum Gasteiger partial charge on any atom is -0.496 e. The summed E-state index contributed by atoms with van der Waals surface area (Å²) in [6.07, 6.45) is 3.94. The minimum atomic E-state index is -3.17. The fraction of sp³-hybridized carbons (Fsp3) is 0.360.